The van der Waals surface area contributed by atoms with Crippen molar-refractivity contribution in [3.05, 3.63) is 59.5 Å². The van der Waals surface area contributed by atoms with Crippen LogP contribution < -0.4 is 9.84 Å². The van der Waals surface area contributed by atoms with Crippen LogP contribution in [0.25, 0.3) is 11.3 Å². The minimum atomic E-state index is -0.530. The minimum Gasteiger partial charge on any atom is -0.856 e. The second-order valence-corrected chi connectivity index (χ2v) is 6.45. The highest BCUT2D eigenvalue weighted by Crippen LogP contribution is 2.29. The summed E-state index contributed by atoms with van der Waals surface area (Å²) in [5, 5.41) is 23.2. The summed E-state index contributed by atoms with van der Waals surface area (Å²) in [6.07, 6.45) is 2.83. The van der Waals surface area contributed by atoms with Crippen LogP contribution >= 0.6 is 0 Å². The number of nitriles is 1. The van der Waals surface area contributed by atoms with Crippen LogP contribution in [0.1, 0.15) is 24.0 Å². The van der Waals surface area contributed by atoms with Crippen molar-refractivity contribution in [1.29, 1.82) is 5.26 Å². The molecule has 0 atom stereocenters. The minimum absolute atomic E-state index is 0.0160. The number of hydrogen-bond acceptors (Lipinski definition) is 7. The maximum absolute atomic E-state index is 14.0. The number of ether oxygens (including phenoxy) is 2. The summed E-state index contributed by atoms with van der Waals surface area (Å²) in [5.74, 6) is -0.150. The summed E-state index contributed by atoms with van der Waals surface area (Å²) in [4.78, 5) is 4.20. The molecule has 0 unspecified atom stereocenters. The van der Waals surface area contributed by atoms with E-state index in [0.29, 0.717) is 35.6 Å². The van der Waals surface area contributed by atoms with Crippen molar-refractivity contribution in [1.82, 2.24) is 10.1 Å². The number of nitrogens with zero attached hydrogens (tertiary/aromatic N) is 3. The Kier molecular flexibility index (Phi) is 4.91. The van der Waals surface area contributed by atoms with E-state index in [-0.39, 0.29) is 24.4 Å². The molecule has 7 nitrogen and oxygen atoms in total. The predicted molar refractivity (Wildman–Crippen MR) is 92.5 cm³/mol. The zero-order valence-electron chi connectivity index (χ0n) is 14.7. The molecule has 0 N–H and O–H groups in total. The van der Waals surface area contributed by atoms with E-state index in [1.165, 1.54) is 12.1 Å². The van der Waals surface area contributed by atoms with Crippen LogP contribution in [0, 0.1) is 17.1 Å². The van der Waals surface area contributed by atoms with Gasteiger partial charge in [-0.1, -0.05) is 17.3 Å². The van der Waals surface area contributed by atoms with Gasteiger partial charge in [-0.25, -0.2) is 9.37 Å². The molecular formula is C20H15FN3O4-. The normalized spacial score (nSPS) is 18.3. The van der Waals surface area contributed by atoms with E-state index < -0.39 is 11.7 Å². The number of rotatable bonds is 6. The summed E-state index contributed by atoms with van der Waals surface area (Å²) in [7, 11) is 0. The lowest BCUT2D eigenvalue weighted by atomic mass is 9.92. The molecule has 0 spiro atoms. The fourth-order valence-corrected chi connectivity index (χ4v) is 2.90. The molecule has 1 aliphatic rings. The van der Waals surface area contributed by atoms with Gasteiger partial charge in [0.25, 0.3) is 0 Å². The highest BCUT2D eigenvalue weighted by Gasteiger charge is 2.32. The first-order valence-electron chi connectivity index (χ1n) is 8.68. The lowest BCUT2D eigenvalue weighted by Crippen LogP contribution is -2.39. The second-order valence-electron chi connectivity index (χ2n) is 6.45. The van der Waals surface area contributed by atoms with Gasteiger partial charge in [0.15, 0.2) is 5.76 Å². The maximum Gasteiger partial charge on any atom is 0.213 e. The zero-order chi connectivity index (χ0) is 19.5. The van der Waals surface area contributed by atoms with Gasteiger partial charge in [0.1, 0.15) is 18.0 Å². The van der Waals surface area contributed by atoms with E-state index in [2.05, 4.69) is 10.1 Å². The third kappa shape index (κ3) is 3.80. The van der Waals surface area contributed by atoms with Crippen LogP contribution in [-0.2, 0) is 11.3 Å². The predicted octanol–water partition coefficient (Wildman–Crippen LogP) is 2.95. The molecule has 1 aromatic carbocycles. The Labute approximate surface area is 159 Å². The highest BCUT2D eigenvalue weighted by atomic mass is 19.1. The summed E-state index contributed by atoms with van der Waals surface area (Å²) < 4.78 is 30.4. The average molecular weight is 380 g/mol. The van der Waals surface area contributed by atoms with Gasteiger partial charge in [-0.15, -0.1) is 0 Å². The van der Waals surface area contributed by atoms with Crippen molar-refractivity contribution in [2.75, 3.05) is 0 Å². The molecule has 28 heavy (non-hydrogen) atoms. The second kappa shape index (κ2) is 7.66. The van der Waals surface area contributed by atoms with E-state index in [1.54, 1.807) is 30.5 Å². The molecule has 4 rings (SSSR count). The van der Waals surface area contributed by atoms with Crippen molar-refractivity contribution in [3.8, 4) is 29.2 Å². The van der Waals surface area contributed by atoms with Gasteiger partial charge in [0.05, 0.1) is 18.3 Å². The molecule has 1 saturated carbocycles. The van der Waals surface area contributed by atoms with Crippen LogP contribution in [0.3, 0.4) is 0 Å². The average Bonchev–Trinajstić information content (AvgIpc) is 3.11. The molecule has 8 heteroatoms. The van der Waals surface area contributed by atoms with E-state index in [0.717, 1.165) is 0 Å². The van der Waals surface area contributed by atoms with E-state index in [1.807, 2.05) is 6.07 Å². The third-order valence-electron chi connectivity index (χ3n) is 4.52. The van der Waals surface area contributed by atoms with E-state index >= 15 is 0 Å². The summed E-state index contributed by atoms with van der Waals surface area (Å²) in [6, 6.07) is 11.2. The molecular weight excluding hydrogens is 365 g/mol. The van der Waals surface area contributed by atoms with Crippen LogP contribution in [0.2, 0.25) is 0 Å². The summed E-state index contributed by atoms with van der Waals surface area (Å²) in [5.41, 5.74) is 1.02. The highest BCUT2D eigenvalue weighted by molar-refractivity contribution is 5.56. The zero-order valence-corrected chi connectivity index (χ0v) is 14.7. The third-order valence-corrected chi connectivity index (χ3v) is 4.52. The van der Waals surface area contributed by atoms with Crippen molar-refractivity contribution >= 4 is 0 Å². The van der Waals surface area contributed by atoms with Gasteiger partial charge in [-0.2, -0.15) is 5.26 Å². The van der Waals surface area contributed by atoms with E-state index in [9.17, 15) is 9.50 Å². The van der Waals surface area contributed by atoms with Crippen molar-refractivity contribution in [2.45, 2.75) is 31.7 Å². The van der Waals surface area contributed by atoms with Gasteiger partial charge in [0, 0.05) is 42.1 Å². The van der Waals surface area contributed by atoms with Gasteiger partial charge in [-0.3, -0.25) is 0 Å². The first kappa shape index (κ1) is 17.9. The molecule has 0 amide bonds. The van der Waals surface area contributed by atoms with Gasteiger partial charge in [-0.05, 0) is 18.2 Å². The van der Waals surface area contributed by atoms with Gasteiger partial charge < -0.3 is 19.1 Å². The Hall–Kier alpha value is -3.44. The standard InChI is InChI=1S/C20H16FN3O4/c21-20-12(9-22)2-1-3-14(20)11-26-15-6-16(7-15)27-19-5-4-13(10-23-19)17-8-18(25)24-28-17/h1-5,8,10,15-16H,6-7,11H2,(H,24,25)/p-1. The molecule has 1 fully saturated rings. The monoisotopic (exact) mass is 380 g/mol. The number of aromatic nitrogens is 2. The van der Waals surface area contributed by atoms with Crippen molar-refractivity contribution in [2.24, 2.45) is 0 Å². The summed E-state index contributed by atoms with van der Waals surface area (Å²) in [6.45, 7) is 0.116. The van der Waals surface area contributed by atoms with E-state index in [4.69, 9.17) is 19.3 Å². The lowest BCUT2D eigenvalue weighted by molar-refractivity contribution is -0.277. The Morgan fingerprint density at radius 1 is 1.25 bits per heavy atom. The topological polar surface area (TPSA) is 104 Å². The molecule has 0 aliphatic heterocycles. The first-order chi connectivity index (χ1) is 13.6. The lowest BCUT2D eigenvalue weighted by Gasteiger charge is -2.34. The quantitative estimate of drug-likeness (QED) is 0.647. The van der Waals surface area contributed by atoms with Crippen LogP contribution in [0.15, 0.2) is 47.1 Å². The molecule has 3 aromatic rings. The molecule has 142 valence electrons. The Morgan fingerprint density at radius 2 is 2.11 bits per heavy atom. The molecule has 2 aromatic heterocycles. The van der Waals surface area contributed by atoms with Crippen LogP contribution in [-0.4, -0.2) is 22.3 Å². The largest absolute Gasteiger partial charge is 0.856 e. The number of pyridine rings is 1. The number of hydrogen-bond donors (Lipinski definition) is 0. The van der Waals surface area contributed by atoms with Crippen LogP contribution in [0.5, 0.6) is 11.8 Å². The SMILES string of the molecule is N#Cc1cccc(COC2CC(Oc3ccc(-c4cc([O-])no4)cn3)C2)c1F. The number of benzene rings is 1. The Bertz CT molecular complexity index is 1010. The molecule has 0 bridgehead atoms. The first-order valence-corrected chi connectivity index (χ1v) is 8.68. The fourth-order valence-electron chi connectivity index (χ4n) is 2.90. The summed E-state index contributed by atoms with van der Waals surface area (Å²) >= 11 is 0. The Balaban J connectivity index is 1.25. The molecule has 2 heterocycles. The number of halogens is 1. The fraction of sp³-hybridized carbons (Fsp3) is 0.250. The van der Waals surface area contributed by atoms with Crippen molar-refractivity contribution < 1.29 is 23.5 Å². The van der Waals surface area contributed by atoms with Crippen LogP contribution in [0.4, 0.5) is 4.39 Å². The smallest absolute Gasteiger partial charge is 0.213 e. The molecule has 0 radical (unpaired) electrons. The Morgan fingerprint density at radius 3 is 2.79 bits per heavy atom. The molecule has 1 aliphatic carbocycles. The van der Waals surface area contributed by atoms with Crippen molar-refractivity contribution in [3.63, 3.8) is 0 Å². The maximum atomic E-state index is 14.0. The van der Waals surface area contributed by atoms with Gasteiger partial charge in [0.2, 0.25) is 5.88 Å². The van der Waals surface area contributed by atoms with Gasteiger partial charge >= 0.3 is 0 Å². The molecule has 0 saturated heterocycles.